The molecule has 4 heterocycles. The molecule has 220 valence electrons. The number of benzene rings is 2. The Hall–Kier alpha value is -3.96. The summed E-state index contributed by atoms with van der Waals surface area (Å²) < 4.78 is 35.3. The minimum Gasteiger partial charge on any atom is -0.494 e. The molecule has 0 unspecified atom stereocenters. The van der Waals surface area contributed by atoms with Gasteiger partial charge in [0.05, 0.1) is 18.3 Å². The van der Waals surface area contributed by atoms with E-state index in [1.165, 1.54) is 4.31 Å². The van der Waals surface area contributed by atoms with Crippen LogP contribution in [0.1, 0.15) is 32.3 Å². The molecule has 2 aliphatic rings. The second-order valence-corrected chi connectivity index (χ2v) is 13.7. The third-order valence-electron chi connectivity index (χ3n) is 8.43. The zero-order valence-electron chi connectivity index (χ0n) is 24.7. The number of pyridine rings is 1. The second kappa shape index (κ2) is 10.7. The fourth-order valence-corrected chi connectivity index (χ4v) is 7.72. The fourth-order valence-electron chi connectivity index (χ4n) is 5.96. The Morgan fingerprint density at radius 3 is 2.55 bits per heavy atom. The summed E-state index contributed by atoms with van der Waals surface area (Å²) in [5.74, 6) is 1.32. The number of sulfonamides is 1. The fraction of sp³-hybridized carbons (Fsp3) is 0.387. The predicted molar refractivity (Wildman–Crippen MR) is 167 cm³/mol. The Kier molecular flexibility index (Phi) is 7.18. The van der Waals surface area contributed by atoms with Crippen molar-refractivity contribution >= 4 is 44.1 Å². The Bertz CT molecular complexity index is 1730. The highest BCUT2D eigenvalue weighted by Crippen LogP contribution is 2.43. The number of aromatic nitrogens is 3. The van der Waals surface area contributed by atoms with E-state index in [1.807, 2.05) is 38.1 Å². The first-order chi connectivity index (χ1) is 20.1. The Morgan fingerprint density at radius 2 is 1.81 bits per heavy atom. The van der Waals surface area contributed by atoms with Gasteiger partial charge in [-0.2, -0.15) is 4.98 Å². The van der Waals surface area contributed by atoms with E-state index in [2.05, 4.69) is 45.2 Å². The molecule has 2 aromatic carbocycles. The van der Waals surface area contributed by atoms with Crippen molar-refractivity contribution in [3.63, 3.8) is 0 Å². The van der Waals surface area contributed by atoms with E-state index in [4.69, 9.17) is 9.72 Å². The molecule has 4 aromatic rings. The van der Waals surface area contributed by atoms with E-state index in [0.717, 1.165) is 42.6 Å². The molecule has 0 aliphatic carbocycles. The van der Waals surface area contributed by atoms with Crippen molar-refractivity contribution in [3.05, 3.63) is 66.5 Å². The number of hydrogen-bond acceptors (Lipinski definition) is 9. The van der Waals surface area contributed by atoms with Crippen molar-refractivity contribution in [1.82, 2.24) is 19.9 Å². The number of piperidine rings is 1. The van der Waals surface area contributed by atoms with Crippen LogP contribution in [0.15, 0.2) is 65.8 Å². The third-order valence-corrected chi connectivity index (χ3v) is 10.2. The van der Waals surface area contributed by atoms with E-state index < -0.39 is 15.4 Å². The summed E-state index contributed by atoms with van der Waals surface area (Å²) in [5.41, 5.74) is 2.54. The zero-order chi connectivity index (χ0) is 29.6. The highest BCUT2D eigenvalue weighted by atomic mass is 32.2. The number of fused-ring (bicyclic) bond motifs is 2. The lowest BCUT2D eigenvalue weighted by Gasteiger charge is -2.36. The minimum atomic E-state index is -3.96. The monoisotopic (exact) mass is 587 g/mol. The molecule has 1 fully saturated rings. The van der Waals surface area contributed by atoms with Crippen LogP contribution >= 0.6 is 0 Å². The summed E-state index contributed by atoms with van der Waals surface area (Å²) in [6.45, 7) is 6.22. The molecule has 42 heavy (non-hydrogen) atoms. The summed E-state index contributed by atoms with van der Waals surface area (Å²) in [4.78, 5) is 18.5. The molecule has 10 nitrogen and oxygen atoms in total. The van der Waals surface area contributed by atoms with Gasteiger partial charge in [-0.15, -0.1) is 0 Å². The van der Waals surface area contributed by atoms with Gasteiger partial charge in [0.15, 0.2) is 5.82 Å². The molecule has 1 N–H and O–H groups in total. The number of nitrogens with zero attached hydrogens (tertiary/aromatic N) is 6. The number of para-hydroxylation sites is 1. The average molecular weight is 588 g/mol. The molecule has 11 heteroatoms. The van der Waals surface area contributed by atoms with Crippen molar-refractivity contribution < 1.29 is 13.2 Å². The lowest BCUT2D eigenvalue weighted by molar-refractivity contribution is 0.249. The number of nitrogens with one attached hydrogen (secondary N) is 1. The zero-order valence-corrected chi connectivity index (χ0v) is 25.5. The molecule has 0 saturated carbocycles. The van der Waals surface area contributed by atoms with Gasteiger partial charge in [-0.05, 0) is 51.2 Å². The first-order valence-corrected chi connectivity index (χ1v) is 15.6. The maximum absolute atomic E-state index is 14.1. The van der Waals surface area contributed by atoms with Crippen LogP contribution in [0, 0.1) is 0 Å². The topological polar surface area (TPSA) is 104 Å². The number of methoxy groups -OCH3 is 1. The number of hydrogen-bond donors (Lipinski definition) is 1. The van der Waals surface area contributed by atoms with Crippen LogP contribution < -0.4 is 19.3 Å². The van der Waals surface area contributed by atoms with Gasteiger partial charge in [-0.25, -0.2) is 17.7 Å². The molecule has 0 spiro atoms. The molecule has 2 aliphatic heterocycles. The normalized spacial score (nSPS) is 17.1. The van der Waals surface area contributed by atoms with Crippen LogP contribution in [0.4, 0.5) is 23.1 Å². The first-order valence-electron chi connectivity index (χ1n) is 14.2. The average Bonchev–Trinajstić information content (AvgIpc) is 3.27. The van der Waals surface area contributed by atoms with Crippen molar-refractivity contribution in [3.8, 4) is 5.75 Å². The van der Waals surface area contributed by atoms with E-state index in [1.54, 1.807) is 37.7 Å². The molecule has 0 amide bonds. The number of rotatable bonds is 7. The maximum Gasteiger partial charge on any atom is 0.267 e. The van der Waals surface area contributed by atoms with Crippen LogP contribution in [0.25, 0.3) is 10.9 Å². The van der Waals surface area contributed by atoms with Crippen LogP contribution in [0.3, 0.4) is 0 Å². The molecular weight excluding hydrogens is 550 g/mol. The van der Waals surface area contributed by atoms with Crippen LogP contribution in [-0.4, -0.2) is 75.2 Å². The van der Waals surface area contributed by atoms with Gasteiger partial charge in [0.1, 0.15) is 10.6 Å². The van der Waals surface area contributed by atoms with Gasteiger partial charge in [-0.3, -0.25) is 4.98 Å². The Morgan fingerprint density at radius 1 is 1.05 bits per heavy atom. The SMILES string of the molecule is COc1cc(N2CCC(N(C)C)CC2)ccc1Nc1ncc2c(n1)N(S(=O)(=O)c1cccc3cccnc13)CC2(C)C. The van der Waals surface area contributed by atoms with E-state index in [0.29, 0.717) is 34.8 Å². The van der Waals surface area contributed by atoms with Gasteiger partial charge in [-0.1, -0.05) is 32.0 Å². The standard InChI is InChI=1S/C31H37N7O3S/c1-31(2)20-38(42(39,40)27-10-6-8-21-9-7-15-32-28(21)27)29-24(31)19-33-30(35-29)34-25-12-11-23(18-26(25)41-5)37-16-13-22(14-17-37)36(3)4/h6-12,15,18-19,22H,13-14,16-17,20H2,1-5H3,(H,33,34,35). The van der Waals surface area contributed by atoms with Crippen LogP contribution in [-0.2, 0) is 15.4 Å². The van der Waals surface area contributed by atoms with Crippen molar-refractivity contribution in [1.29, 1.82) is 0 Å². The summed E-state index contributed by atoms with van der Waals surface area (Å²) in [5, 5.41) is 4.03. The molecule has 0 bridgehead atoms. The summed E-state index contributed by atoms with van der Waals surface area (Å²) in [6, 6.07) is 15.5. The van der Waals surface area contributed by atoms with Gasteiger partial charge in [0.2, 0.25) is 5.95 Å². The van der Waals surface area contributed by atoms with E-state index in [9.17, 15) is 8.42 Å². The lowest BCUT2D eigenvalue weighted by atomic mass is 9.89. The van der Waals surface area contributed by atoms with Crippen molar-refractivity contribution in [2.24, 2.45) is 0 Å². The van der Waals surface area contributed by atoms with Crippen LogP contribution in [0.5, 0.6) is 5.75 Å². The highest BCUT2D eigenvalue weighted by molar-refractivity contribution is 7.93. The van der Waals surface area contributed by atoms with Gasteiger partial charge in [0.25, 0.3) is 10.0 Å². The quantitative estimate of drug-likeness (QED) is 0.327. The first kappa shape index (κ1) is 28.2. The second-order valence-electron chi connectivity index (χ2n) is 11.8. The summed E-state index contributed by atoms with van der Waals surface area (Å²) in [7, 11) is 1.96. The van der Waals surface area contributed by atoms with Gasteiger partial charge >= 0.3 is 0 Å². The molecule has 0 atom stereocenters. The van der Waals surface area contributed by atoms with Crippen molar-refractivity contribution in [2.75, 3.05) is 55.4 Å². The highest BCUT2D eigenvalue weighted by Gasteiger charge is 2.43. The summed E-state index contributed by atoms with van der Waals surface area (Å²) in [6.07, 6.45) is 5.56. The minimum absolute atomic E-state index is 0.157. The number of ether oxygens (including phenoxy) is 1. The van der Waals surface area contributed by atoms with Crippen molar-refractivity contribution in [2.45, 2.75) is 43.0 Å². The molecule has 6 rings (SSSR count). The number of anilines is 4. The predicted octanol–water partition coefficient (Wildman–Crippen LogP) is 4.79. The van der Waals surface area contributed by atoms with E-state index >= 15 is 0 Å². The smallest absolute Gasteiger partial charge is 0.267 e. The van der Waals surface area contributed by atoms with Crippen LogP contribution in [0.2, 0.25) is 0 Å². The lowest BCUT2D eigenvalue weighted by Crippen LogP contribution is -2.41. The molecular formula is C31H37N7O3S. The third kappa shape index (κ3) is 5.00. The van der Waals surface area contributed by atoms with E-state index in [-0.39, 0.29) is 11.4 Å². The maximum atomic E-state index is 14.1. The largest absolute Gasteiger partial charge is 0.494 e. The molecule has 0 radical (unpaired) electrons. The Labute approximate surface area is 247 Å². The van der Waals surface area contributed by atoms with Gasteiger partial charge < -0.3 is 19.9 Å². The Balaban J connectivity index is 1.30. The molecule has 1 saturated heterocycles. The molecule has 2 aromatic heterocycles. The summed E-state index contributed by atoms with van der Waals surface area (Å²) >= 11 is 0. The van der Waals surface area contributed by atoms with Gasteiger partial charge in [0, 0.05) is 66.2 Å².